The average molecular weight is 334 g/mol. The zero-order valence-electron chi connectivity index (χ0n) is 12.5. The van der Waals surface area contributed by atoms with Crippen LogP contribution in [0.3, 0.4) is 0 Å². The number of carbonyl (C=O) groups is 2. The molecule has 0 aliphatic carbocycles. The molecule has 0 aromatic heterocycles. The van der Waals surface area contributed by atoms with E-state index in [-0.39, 0.29) is 17.4 Å². The number of ether oxygens (including phenoxy) is 1. The van der Waals surface area contributed by atoms with Gasteiger partial charge in [-0.2, -0.15) is 0 Å². The highest BCUT2D eigenvalue weighted by atomic mass is 35.5. The quantitative estimate of drug-likeness (QED) is 0.824. The average Bonchev–Trinajstić information content (AvgIpc) is 2.53. The molecule has 0 radical (unpaired) electrons. The maximum absolute atomic E-state index is 11.8. The van der Waals surface area contributed by atoms with E-state index in [1.807, 2.05) is 6.07 Å². The number of esters is 1. The number of phenolic OH excluding ortho intramolecular Hbond substituents is 1. The summed E-state index contributed by atoms with van der Waals surface area (Å²) in [6.45, 7) is 1.37. The number of phenols is 1. The van der Waals surface area contributed by atoms with Gasteiger partial charge in [-0.1, -0.05) is 35.9 Å². The smallest absolute Gasteiger partial charge is 0.342 e. The van der Waals surface area contributed by atoms with Gasteiger partial charge in [0.15, 0.2) is 6.61 Å². The molecule has 0 fully saturated rings. The van der Waals surface area contributed by atoms with E-state index in [9.17, 15) is 14.7 Å². The highest BCUT2D eigenvalue weighted by Gasteiger charge is 2.15. The first-order valence-electron chi connectivity index (χ1n) is 6.97. The number of rotatable bonds is 5. The number of amides is 1. The predicted octanol–water partition coefficient (Wildman–Crippen LogP) is 3.08. The Labute approximate surface area is 138 Å². The maximum atomic E-state index is 11.8. The van der Waals surface area contributed by atoms with Crippen LogP contribution >= 0.6 is 11.6 Å². The van der Waals surface area contributed by atoms with Gasteiger partial charge in [0.2, 0.25) is 0 Å². The Morgan fingerprint density at radius 1 is 1.22 bits per heavy atom. The van der Waals surface area contributed by atoms with Crippen molar-refractivity contribution < 1.29 is 19.4 Å². The van der Waals surface area contributed by atoms with E-state index in [0.717, 1.165) is 5.56 Å². The van der Waals surface area contributed by atoms with Gasteiger partial charge in [-0.05, 0) is 36.8 Å². The van der Waals surface area contributed by atoms with Crippen LogP contribution in [0.25, 0.3) is 0 Å². The Morgan fingerprint density at radius 3 is 2.65 bits per heavy atom. The molecule has 0 bridgehead atoms. The van der Waals surface area contributed by atoms with Crippen molar-refractivity contribution in [2.45, 2.75) is 13.0 Å². The molecule has 1 atom stereocenters. The number of nitrogens with one attached hydrogen (secondary N) is 1. The van der Waals surface area contributed by atoms with Crippen molar-refractivity contribution in [2.75, 3.05) is 6.61 Å². The summed E-state index contributed by atoms with van der Waals surface area (Å²) < 4.78 is 4.89. The van der Waals surface area contributed by atoms with Gasteiger partial charge in [0.05, 0.1) is 6.04 Å². The first kappa shape index (κ1) is 16.8. The minimum atomic E-state index is -0.756. The van der Waals surface area contributed by atoms with E-state index < -0.39 is 18.5 Å². The zero-order valence-corrected chi connectivity index (χ0v) is 13.2. The monoisotopic (exact) mass is 333 g/mol. The first-order chi connectivity index (χ1) is 11.0. The first-order valence-corrected chi connectivity index (χ1v) is 7.35. The largest absolute Gasteiger partial charge is 0.507 e. The molecule has 0 aliphatic rings. The van der Waals surface area contributed by atoms with Crippen molar-refractivity contribution >= 4 is 23.5 Å². The van der Waals surface area contributed by atoms with E-state index >= 15 is 0 Å². The molecule has 5 nitrogen and oxygen atoms in total. The SMILES string of the molecule is CC(NC(=O)COC(=O)c1ccccc1O)c1cccc(Cl)c1. The molecule has 0 saturated carbocycles. The fourth-order valence-corrected chi connectivity index (χ4v) is 2.20. The van der Waals surface area contributed by atoms with Gasteiger partial charge in [0.1, 0.15) is 11.3 Å². The van der Waals surface area contributed by atoms with Crippen LogP contribution in [-0.2, 0) is 9.53 Å². The third-order valence-corrected chi connectivity index (χ3v) is 3.42. The van der Waals surface area contributed by atoms with Crippen molar-refractivity contribution in [3.63, 3.8) is 0 Å². The van der Waals surface area contributed by atoms with Crippen LogP contribution in [0.5, 0.6) is 5.75 Å². The molecule has 23 heavy (non-hydrogen) atoms. The standard InChI is InChI=1S/C17H16ClNO4/c1-11(12-5-4-6-13(18)9-12)19-16(21)10-23-17(22)14-7-2-3-8-15(14)20/h2-9,11,20H,10H2,1H3,(H,19,21). The van der Waals surface area contributed by atoms with Crippen LogP contribution in [-0.4, -0.2) is 23.6 Å². The number of para-hydroxylation sites is 1. The summed E-state index contributed by atoms with van der Waals surface area (Å²) in [5, 5.41) is 12.8. The zero-order chi connectivity index (χ0) is 16.8. The number of halogens is 1. The lowest BCUT2D eigenvalue weighted by Crippen LogP contribution is -2.31. The molecule has 2 N–H and O–H groups in total. The normalized spacial score (nSPS) is 11.6. The lowest BCUT2D eigenvalue weighted by Gasteiger charge is -2.14. The summed E-state index contributed by atoms with van der Waals surface area (Å²) in [7, 11) is 0. The van der Waals surface area contributed by atoms with Gasteiger partial charge in [0, 0.05) is 5.02 Å². The van der Waals surface area contributed by atoms with Gasteiger partial charge >= 0.3 is 5.97 Å². The number of hydrogen-bond acceptors (Lipinski definition) is 4. The summed E-state index contributed by atoms with van der Waals surface area (Å²) >= 11 is 5.91. The Hall–Kier alpha value is -2.53. The van der Waals surface area contributed by atoms with Crippen LogP contribution < -0.4 is 5.32 Å². The van der Waals surface area contributed by atoms with Crippen molar-refractivity contribution in [1.82, 2.24) is 5.32 Å². The Bertz CT molecular complexity index is 717. The van der Waals surface area contributed by atoms with Crippen LogP contribution in [0, 0.1) is 0 Å². The third kappa shape index (κ3) is 4.72. The maximum Gasteiger partial charge on any atom is 0.342 e. The summed E-state index contributed by atoms with van der Waals surface area (Å²) in [6, 6.07) is 12.8. The van der Waals surface area contributed by atoms with Gasteiger partial charge in [0.25, 0.3) is 5.91 Å². The third-order valence-electron chi connectivity index (χ3n) is 3.18. The van der Waals surface area contributed by atoms with Gasteiger partial charge in [-0.25, -0.2) is 4.79 Å². The molecule has 1 amide bonds. The van der Waals surface area contributed by atoms with Crippen molar-refractivity contribution in [1.29, 1.82) is 0 Å². The molecule has 120 valence electrons. The number of benzene rings is 2. The summed E-state index contributed by atoms with van der Waals surface area (Å²) in [5.41, 5.74) is 0.862. The highest BCUT2D eigenvalue weighted by molar-refractivity contribution is 6.30. The van der Waals surface area contributed by atoms with Crippen molar-refractivity contribution in [3.05, 3.63) is 64.7 Å². The molecule has 2 rings (SSSR count). The number of aromatic hydroxyl groups is 1. The second-order valence-electron chi connectivity index (χ2n) is 4.94. The molecular weight excluding hydrogens is 318 g/mol. The molecule has 2 aromatic rings. The van der Waals surface area contributed by atoms with E-state index in [1.165, 1.54) is 12.1 Å². The summed E-state index contributed by atoms with van der Waals surface area (Å²) in [4.78, 5) is 23.6. The van der Waals surface area contributed by atoms with Crippen LogP contribution in [0.4, 0.5) is 0 Å². The lowest BCUT2D eigenvalue weighted by atomic mass is 10.1. The number of carbonyl (C=O) groups excluding carboxylic acids is 2. The van der Waals surface area contributed by atoms with E-state index in [4.69, 9.17) is 16.3 Å². The number of hydrogen-bond donors (Lipinski definition) is 2. The molecular formula is C17H16ClNO4. The Kier molecular flexibility index (Phi) is 5.60. The van der Waals surface area contributed by atoms with Crippen molar-refractivity contribution in [3.8, 4) is 5.75 Å². The van der Waals surface area contributed by atoms with Crippen LogP contribution in [0.2, 0.25) is 5.02 Å². The van der Waals surface area contributed by atoms with Crippen molar-refractivity contribution in [2.24, 2.45) is 0 Å². The molecule has 0 heterocycles. The van der Waals surface area contributed by atoms with Crippen LogP contribution in [0.1, 0.15) is 28.9 Å². The Morgan fingerprint density at radius 2 is 1.96 bits per heavy atom. The fraction of sp³-hybridized carbons (Fsp3) is 0.176. The van der Waals surface area contributed by atoms with E-state index in [1.54, 1.807) is 37.3 Å². The molecule has 0 saturated heterocycles. The van der Waals surface area contributed by atoms with Gasteiger partial charge < -0.3 is 15.2 Å². The highest BCUT2D eigenvalue weighted by Crippen LogP contribution is 2.18. The topological polar surface area (TPSA) is 75.6 Å². The summed E-state index contributed by atoms with van der Waals surface area (Å²) in [6.07, 6.45) is 0. The second-order valence-corrected chi connectivity index (χ2v) is 5.37. The Balaban J connectivity index is 1.88. The van der Waals surface area contributed by atoms with E-state index in [2.05, 4.69) is 5.32 Å². The minimum Gasteiger partial charge on any atom is -0.507 e. The van der Waals surface area contributed by atoms with Gasteiger partial charge in [-0.3, -0.25) is 4.79 Å². The predicted molar refractivity (Wildman–Crippen MR) is 86.4 cm³/mol. The van der Waals surface area contributed by atoms with Crippen LogP contribution in [0.15, 0.2) is 48.5 Å². The minimum absolute atomic E-state index is 0.0168. The summed E-state index contributed by atoms with van der Waals surface area (Å²) in [5.74, 6) is -1.39. The molecule has 0 aliphatic heterocycles. The second kappa shape index (κ2) is 7.65. The molecule has 6 heteroatoms. The van der Waals surface area contributed by atoms with E-state index in [0.29, 0.717) is 5.02 Å². The lowest BCUT2D eigenvalue weighted by molar-refractivity contribution is -0.124. The molecule has 2 aromatic carbocycles. The molecule has 0 spiro atoms. The fourth-order valence-electron chi connectivity index (χ4n) is 2.00. The molecule has 1 unspecified atom stereocenters. The van der Waals surface area contributed by atoms with Gasteiger partial charge in [-0.15, -0.1) is 0 Å².